The maximum Gasteiger partial charge on any atom is 0.191 e. The third-order valence-electron chi connectivity index (χ3n) is 3.45. The molecule has 0 aliphatic heterocycles. The zero-order valence-electron chi connectivity index (χ0n) is 15.3. The highest BCUT2D eigenvalue weighted by Gasteiger charge is 2.19. The van der Waals surface area contributed by atoms with Crippen molar-refractivity contribution in [1.29, 1.82) is 0 Å². The van der Waals surface area contributed by atoms with E-state index < -0.39 is 0 Å². The van der Waals surface area contributed by atoms with Crippen LogP contribution in [0, 0.1) is 11.3 Å². The second-order valence-electron chi connectivity index (χ2n) is 7.10. The summed E-state index contributed by atoms with van der Waals surface area (Å²) in [6, 6.07) is 4.32. The van der Waals surface area contributed by atoms with Gasteiger partial charge >= 0.3 is 0 Å². The van der Waals surface area contributed by atoms with Crippen molar-refractivity contribution >= 4 is 41.3 Å². The Bertz CT molecular complexity index is 443. The van der Waals surface area contributed by atoms with E-state index in [4.69, 9.17) is 0 Å². The van der Waals surface area contributed by atoms with E-state index in [1.165, 1.54) is 4.88 Å². The molecule has 1 atom stereocenters. The molecule has 1 unspecified atom stereocenters. The standard InChI is InChI=1S/C17H32N4S.HI/c1-14(10-15-8-7-9-22-15)11-19-16(18-4)20-12-17(2,3)13-21(5)6;/h7-9,14H,10-13H2,1-6H3,(H2,18,19,20);1H. The summed E-state index contributed by atoms with van der Waals surface area (Å²) in [6.07, 6.45) is 1.12. The van der Waals surface area contributed by atoms with Crippen molar-refractivity contribution in [2.75, 3.05) is 40.8 Å². The fraction of sp³-hybridized carbons (Fsp3) is 0.706. The minimum Gasteiger partial charge on any atom is -0.356 e. The van der Waals surface area contributed by atoms with Gasteiger partial charge in [0.05, 0.1) is 0 Å². The highest BCUT2D eigenvalue weighted by molar-refractivity contribution is 14.0. The van der Waals surface area contributed by atoms with Gasteiger partial charge in [0.2, 0.25) is 0 Å². The van der Waals surface area contributed by atoms with Gasteiger partial charge in [-0.2, -0.15) is 0 Å². The summed E-state index contributed by atoms with van der Waals surface area (Å²) in [5.41, 5.74) is 0.212. The molecule has 1 rings (SSSR count). The summed E-state index contributed by atoms with van der Waals surface area (Å²) in [4.78, 5) is 7.99. The monoisotopic (exact) mass is 452 g/mol. The number of halogens is 1. The summed E-state index contributed by atoms with van der Waals surface area (Å²) >= 11 is 1.83. The first-order valence-electron chi connectivity index (χ1n) is 7.94. The van der Waals surface area contributed by atoms with Crippen LogP contribution in [0.15, 0.2) is 22.5 Å². The summed E-state index contributed by atoms with van der Waals surface area (Å²) in [5.74, 6) is 1.48. The Balaban J connectivity index is 0.00000484. The van der Waals surface area contributed by atoms with Crippen molar-refractivity contribution in [3.05, 3.63) is 22.4 Å². The molecular weight excluding hydrogens is 419 g/mol. The minimum atomic E-state index is 0. The molecule has 0 saturated heterocycles. The average molecular weight is 452 g/mol. The lowest BCUT2D eigenvalue weighted by atomic mass is 9.93. The van der Waals surface area contributed by atoms with E-state index in [9.17, 15) is 0 Å². The molecule has 0 spiro atoms. The van der Waals surface area contributed by atoms with E-state index >= 15 is 0 Å². The van der Waals surface area contributed by atoms with Gasteiger partial charge in [0.25, 0.3) is 0 Å². The molecule has 0 radical (unpaired) electrons. The van der Waals surface area contributed by atoms with Crippen LogP contribution < -0.4 is 10.6 Å². The van der Waals surface area contributed by atoms with Gasteiger partial charge in [-0.3, -0.25) is 4.99 Å². The molecule has 0 aromatic carbocycles. The van der Waals surface area contributed by atoms with Gasteiger partial charge in [0, 0.05) is 31.6 Å². The number of nitrogens with zero attached hydrogens (tertiary/aromatic N) is 2. The summed E-state index contributed by atoms with van der Waals surface area (Å²) < 4.78 is 0. The van der Waals surface area contributed by atoms with Gasteiger partial charge < -0.3 is 15.5 Å². The molecule has 0 fully saturated rings. The number of hydrogen-bond donors (Lipinski definition) is 2. The molecule has 0 amide bonds. The van der Waals surface area contributed by atoms with Gasteiger partial charge in [-0.05, 0) is 43.3 Å². The number of rotatable bonds is 8. The Morgan fingerprint density at radius 3 is 2.57 bits per heavy atom. The molecule has 4 nitrogen and oxygen atoms in total. The average Bonchev–Trinajstić information content (AvgIpc) is 2.90. The Morgan fingerprint density at radius 1 is 1.35 bits per heavy atom. The summed E-state index contributed by atoms with van der Waals surface area (Å²) in [6.45, 7) is 9.71. The number of guanidine groups is 1. The SMILES string of the molecule is CN=C(NCC(C)Cc1cccs1)NCC(C)(C)CN(C)C.I. The predicted molar refractivity (Wildman–Crippen MR) is 114 cm³/mol. The van der Waals surface area contributed by atoms with Gasteiger partial charge in [-0.1, -0.05) is 26.8 Å². The van der Waals surface area contributed by atoms with Crippen molar-refractivity contribution in [2.45, 2.75) is 27.2 Å². The second-order valence-corrected chi connectivity index (χ2v) is 8.13. The first-order chi connectivity index (χ1) is 10.3. The van der Waals surface area contributed by atoms with Gasteiger partial charge in [-0.15, -0.1) is 35.3 Å². The molecule has 0 saturated carbocycles. The van der Waals surface area contributed by atoms with Crippen LogP contribution in [0.2, 0.25) is 0 Å². The Labute approximate surface area is 163 Å². The molecule has 2 N–H and O–H groups in total. The summed E-state index contributed by atoms with van der Waals surface area (Å²) in [7, 11) is 6.06. The molecule has 0 aliphatic carbocycles. The molecule has 1 aromatic heterocycles. The van der Waals surface area contributed by atoms with Gasteiger partial charge in [0.15, 0.2) is 5.96 Å². The van der Waals surface area contributed by atoms with Gasteiger partial charge in [-0.25, -0.2) is 0 Å². The normalized spacial score (nSPS) is 13.6. The van der Waals surface area contributed by atoms with Crippen LogP contribution in [-0.4, -0.2) is 51.6 Å². The van der Waals surface area contributed by atoms with E-state index in [0.29, 0.717) is 5.92 Å². The fourth-order valence-corrected chi connectivity index (χ4v) is 3.44. The number of nitrogens with one attached hydrogen (secondary N) is 2. The molecular formula is C17H33IN4S. The Hall–Kier alpha value is -0.340. The zero-order valence-corrected chi connectivity index (χ0v) is 18.5. The lowest BCUT2D eigenvalue weighted by molar-refractivity contribution is 0.241. The Kier molecular flexibility index (Phi) is 11.1. The third kappa shape index (κ3) is 10.2. The molecule has 23 heavy (non-hydrogen) atoms. The first kappa shape index (κ1) is 22.7. The minimum absolute atomic E-state index is 0. The largest absolute Gasteiger partial charge is 0.356 e. The quantitative estimate of drug-likeness (QED) is 0.361. The van der Waals surface area contributed by atoms with Crippen molar-refractivity contribution in [3.8, 4) is 0 Å². The molecule has 0 aliphatic rings. The van der Waals surface area contributed by atoms with Crippen LogP contribution in [-0.2, 0) is 6.42 Å². The maximum atomic E-state index is 4.32. The third-order valence-corrected chi connectivity index (χ3v) is 4.35. The highest BCUT2D eigenvalue weighted by Crippen LogP contribution is 2.15. The van der Waals surface area contributed by atoms with Crippen molar-refractivity contribution in [1.82, 2.24) is 15.5 Å². The van der Waals surface area contributed by atoms with E-state index in [1.54, 1.807) is 0 Å². The fourth-order valence-electron chi connectivity index (χ4n) is 2.57. The van der Waals surface area contributed by atoms with Crippen LogP contribution in [0.3, 0.4) is 0 Å². The van der Waals surface area contributed by atoms with Crippen LogP contribution in [0.5, 0.6) is 0 Å². The van der Waals surface area contributed by atoms with Crippen molar-refractivity contribution in [3.63, 3.8) is 0 Å². The highest BCUT2D eigenvalue weighted by atomic mass is 127. The number of aliphatic imine (C=N–C) groups is 1. The van der Waals surface area contributed by atoms with E-state index in [2.05, 4.69) is 72.9 Å². The van der Waals surface area contributed by atoms with Gasteiger partial charge in [0.1, 0.15) is 0 Å². The lowest BCUT2D eigenvalue weighted by Crippen LogP contribution is -2.45. The van der Waals surface area contributed by atoms with E-state index in [-0.39, 0.29) is 29.4 Å². The topological polar surface area (TPSA) is 39.7 Å². The van der Waals surface area contributed by atoms with Crippen molar-refractivity contribution < 1.29 is 0 Å². The number of thiophene rings is 1. The first-order valence-corrected chi connectivity index (χ1v) is 8.82. The maximum absolute atomic E-state index is 4.32. The van der Waals surface area contributed by atoms with E-state index in [0.717, 1.165) is 32.0 Å². The molecule has 1 aromatic rings. The van der Waals surface area contributed by atoms with Crippen molar-refractivity contribution in [2.24, 2.45) is 16.3 Å². The van der Waals surface area contributed by atoms with Crippen LogP contribution in [0.4, 0.5) is 0 Å². The molecule has 134 valence electrons. The second kappa shape index (κ2) is 11.3. The zero-order chi connectivity index (χ0) is 16.6. The lowest BCUT2D eigenvalue weighted by Gasteiger charge is -2.29. The Morgan fingerprint density at radius 2 is 2.04 bits per heavy atom. The van der Waals surface area contributed by atoms with E-state index in [1.807, 2.05) is 18.4 Å². The van der Waals surface area contributed by atoms with Crippen LogP contribution in [0.1, 0.15) is 25.6 Å². The molecule has 0 bridgehead atoms. The molecule has 6 heteroatoms. The van der Waals surface area contributed by atoms with Crippen LogP contribution >= 0.6 is 35.3 Å². The smallest absolute Gasteiger partial charge is 0.191 e. The summed E-state index contributed by atoms with van der Waals surface area (Å²) in [5, 5.41) is 9.02. The van der Waals surface area contributed by atoms with Crippen LogP contribution in [0.25, 0.3) is 0 Å². The predicted octanol–water partition coefficient (Wildman–Crippen LogP) is 3.30. The number of hydrogen-bond acceptors (Lipinski definition) is 3. The molecule has 1 heterocycles.